The summed E-state index contributed by atoms with van der Waals surface area (Å²) >= 11 is 0. The van der Waals surface area contributed by atoms with E-state index in [0.717, 1.165) is 25.1 Å². The van der Waals surface area contributed by atoms with Crippen LogP contribution in [0.3, 0.4) is 0 Å². The molecule has 5 nitrogen and oxygen atoms in total. The Hall–Kier alpha value is -1.75. The molecule has 0 aromatic heterocycles. The van der Waals surface area contributed by atoms with Crippen molar-refractivity contribution < 1.29 is 14.2 Å². The fourth-order valence-electron chi connectivity index (χ4n) is 1.82. The molecule has 0 N–H and O–H groups in total. The topological polar surface area (TPSA) is 43.3 Å². The normalized spacial score (nSPS) is 11.1. The molecule has 0 aliphatic heterocycles. The lowest BCUT2D eigenvalue weighted by Crippen LogP contribution is -2.13. The Kier molecular flexibility index (Phi) is 6.87. The Bertz CT molecular complexity index is 420. The molecule has 20 heavy (non-hydrogen) atoms. The van der Waals surface area contributed by atoms with Crippen LogP contribution in [-0.2, 0) is 0 Å². The molecular weight excluding hydrogens is 256 g/mol. The fraction of sp³-hybridized carbons (Fsp3) is 0.533. The average molecular weight is 280 g/mol. The molecule has 0 fully saturated rings. The SMILES string of the molecule is COc1cc(/C=N/CCCN(C)C)cc(OC)c1OC. The molecule has 0 spiro atoms. The van der Waals surface area contributed by atoms with Gasteiger partial charge in [-0.05, 0) is 44.8 Å². The smallest absolute Gasteiger partial charge is 0.203 e. The summed E-state index contributed by atoms with van der Waals surface area (Å²) in [6, 6.07) is 3.77. The number of aliphatic imine (C=N–C) groups is 1. The first-order chi connectivity index (χ1) is 9.62. The summed E-state index contributed by atoms with van der Waals surface area (Å²) in [6.07, 6.45) is 2.87. The third kappa shape index (κ3) is 4.74. The Morgan fingerprint density at radius 3 is 2.10 bits per heavy atom. The van der Waals surface area contributed by atoms with Crippen molar-refractivity contribution in [1.29, 1.82) is 0 Å². The quantitative estimate of drug-likeness (QED) is 0.540. The molecule has 0 saturated carbocycles. The van der Waals surface area contributed by atoms with E-state index < -0.39 is 0 Å². The number of rotatable bonds is 8. The Morgan fingerprint density at radius 1 is 1.05 bits per heavy atom. The summed E-state index contributed by atoms with van der Waals surface area (Å²) < 4.78 is 15.9. The average Bonchev–Trinajstić information content (AvgIpc) is 2.45. The van der Waals surface area contributed by atoms with Crippen LogP contribution in [0.25, 0.3) is 0 Å². The van der Waals surface area contributed by atoms with Gasteiger partial charge >= 0.3 is 0 Å². The summed E-state index contributed by atoms with van der Waals surface area (Å²) in [5.41, 5.74) is 0.935. The van der Waals surface area contributed by atoms with E-state index >= 15 is 0 Å². The highest BCUT2D eigenvalue weighted by molar-refractivity contribution is 5.82. The third-order valence-corrected chi connectivity index (χ3v) is 2.82. The first-order valence-electron chi connectivity index (χ1n) is 6.57. The summed E-state index contributed by atoms with van der Waals surface area (Å²) in [7, 11) is 8.92. The predicted molar refractivity (Wildman–Crippen MR) is 81.7 cm³/mol. The number of methoxy groups -OCH3 is 3. The van der Waals surface area contributed by atoms with Crippen molar-refractivity contribution in [1.82, 2.24) is 4.90 Å². The van der Waals surface area contributed by atoms with Crippen LogP contribution in [0.1, 0.15) is 12.0 Å². The first-order valence-corrected chi connectivity index (χ1v) is 6.57. The highest BCUT2D eigenvalue weighted by atomic mass is 16.5. The minimum atomic E-state index is 0.597. The van der Waals surface area contributed by atoms with Crippen molar-refractivity contribution >= 4 is 6.21 Å². The first kappa shape index (κ1) is 16.3. The monoisotopic (exact) mass is 280 g/mol. The van der Waals surface area contributed by atoms with Gasteiger partial charge in [0.1, 0.15) is 0 Å². The Balaban J connectivity index is 2.77. The van der Waals surface area contributed by atoms with Crippen LogP contribution in [0.4, 0.5) is 0 Å². The second-order valence-electron chi connectivity index (χ2n) is 4.65. The van der Waals surface area contributed by atoms with Gasteiger partial charge in [-0.3, -0.25) is 4.99 Å². The lowest BCUT2D eigenvalue weighted by Gasteiger charge is -2.12. The highest BCUT2D eigenvalue weighted by Crippen LogP contribution is 2.37. The zero-order chi connectivity index (χ0) is 15.0. The standard InChI is InChI=1S/C15H24N2O3/c1-17(2)8-6-7-16-11-12-9-13(18-3)15(20-5)14(10-12)19-4/h9-11H,6-8H2,1-5H3/b16-11+. The van der Waals surface area contributed by atoms with Gasteiger partial charge in [0.05, 0.1) is 21.3 Å². The van der Waals surface area contributed by atoms with Gasteiger partial charge in [-0.25, -0.2) is 0 Å². The molecule has 0 radical (unpaired) electrons. The highest BCUT2D eigenvalue weighted by Gasteiger charge is 2.12. The fourth-order valence-corrected chi connectivity index (χ4v) is 1.82. The van der Waals surface area contributed by atoms with Crippen LogP contribution in [-0.4, -0.2) is 59.6 Å². The Morgan fingerprint density at radius 2 is 1.65 bits per heavy atom. The maximum atomic E-state index is 5.30. The molecule has 112 valence electrons. The van der Waals surface area contributed by atoms with Gasteiger partial charge < -0.3 is 19.1 Å². The van der Waals surface area contributed by atoms with Crippen molar-refractivity contribution in [3.05, 3.63) is 17.7 Å². The third-order valence-electron chi connectivity index (χ3n) is 2.82. The van der Waals surface area contributed by atoms with Crippen LogP contribution in [0.2, 0.25) is 0 Å². The number of ether oxygens (including phenoxy) is 3. The van der Waals surface area contributed by atoms with E-state index in [-0.39, 0.29) is 0 Å². The van der Waals surface area contributed by atoms with Crippen LogP contribution >= 0.6 is 0 Å². The van der Waals surface area contributed by atoms with Crippen molar-refractivity contribution in [3.63, 3.8) is 0 Å². The maximum absolute atomic E-state index is 5.30. The zero-order valence-corrected chi connectivity index (χ0v) is 13.0. The minimum Gasteiger partial charge on any atom is -0.493 e. The molecule has 1 aromatic rings. The van der Waals surface area contributed by atoms with Crippen LogP contribution in [0.5, 0.6) is 17.2 Å². The molecule has 0 saturated heterocycles. The largest absolute Gasteiger partial charge is 0.493 e. The maximum Gasteiger partial charge on any atom is 0.203 e. The number of hydrogen-bond acceptors (Lipinski definition) is 5. The van der Waals surface area contributed by atoms with E-state index in [1.807, 2.05) is 18.3 Å². The van der Waals surface area contributed by atoms with E-state index in [2.05, 4.69) is 24.0 Å². The van der Waals surface area contributed by atoms with Gasteiger partial charge in [0.25, 0.3) is 0 Å². The lowest BCUT2D eigenvalue weighted by molar-refractivity contribution is 0.324. The van der Waals surface area contributed by atoms with Crippen LogP contribution in [0, 0.1) is 0 Å². The molecule has 0 amide bonds. The van der Waals surface area contributed by atoms with Crippen LogP contribution < -0.4 is 14.2 Å². The van der Waals surface area contributed by atoms with E-state index in [9.17, 15) is 0 Å². The molecular formula is C15H24N2O3. The lowest BCUT2D eigenvalue weighted by atomic mass is 10.2. The van der Waals surface area contributed by atoms with E-state index in [0.29, 0.717) is 17.2 Å². The van der Waals surface area contributed by atoms with Gasteiger partial charge in [0, 0.05) is 12.8 Å². The van der Waals surface area contributed by atoms with Crippen LogP contribution in [0.15, 0.2) is 17.1 Å². The molecule has 0 aliphatic carbocycles. The number of benzene rings is 1. The second kappa shape index (κ2) is 8.43. The van der Waals surface area contributed by atoms with Gasteiger partial charge in [-0.1, -0.05) is 0 Å². The van der Waals surface area contributed by atoms with E-state index in [1.54, 1.807) is 21.3 Å². The van der Waals surface area contributed by atoms with Crippen molar-refractivity contribution in [2.45, 2.75) is 6.42 Å². The molecule has 0 bridgehead atoms. The second-order valence-corrected chi connectivity index (χ2v) is 4.65. The molecule has 1 aromatic carbocycles. The summed E-state index contributed by atoms with van der Waals surface area (Å²) in [5.74, 6) is 1.88. The molecule has 0 atom stereocenters. The number of nitrogens with zero attached hydrogens (tertiary/aromatic N) is 2. The molecule has 0 aliphatic rings. The number of hydrogen-bond donors (Lipinski definition) is 0. The summed E-state index contributed by atoms with van der Waals surface area (Å²) in [4.78, 5) is 6.56. The van der Waals surface area contributed by atoms with E-state index in [4.69, 9.17) is 14.2 Å². The van der Waals surface area contributed by atoms with Gasteiger partial charge in [0.2, 0.25) is 5.75 Å². The van der Waals surface area contributed by atoms with Crippen molar-refractivity contribution in [3.8, 4) is 17.2 Å². The predicted octanol–water partition coefficient (Wildman–Crippen LogP) is 2.08. The van der Waals surface area contributed by atoms with Gasteiger partial charge in [-0.2, -0.15) is 0 Å². The summed E-state index contributed by atoms with van der Waals surface area (Å²) in [6.45, 7) is 1.83. The molecule has 1 rings (SSSR count). The molecule has 0 unspecified atom stereocenters. The minimum absolute atomic E-state index is 0.597. The van der Waals surface area contributed by atoms with Gasteiger partial charge in [0.15, 0.2) is 11.5 Å². The summed E-state index contributed by atoms with van der Waals surface area (Å²) in [5, 5.41) is 0. The van der Waals surface area contributed by atoms with Crippen molar-refractivity contribution in [2.24, 2.45) is 4.99 Å². The van der Waals surface area contributed by atoms with Gasteiger partial charge in [-0.15, -0.1) is 0 Å². The Labute approximate surface area is 121 Å². The zero-order valence-electron chi connectivity index (χ0n) is 13.0. The van der Waals surface area contributed by atoms with E-state index in [1.165, 1.54) is 0 Å². The molecule has 0 heterocycles. The molecule has 5 heteroatoms. The van der Waals surface area contributed by atoms with Crippen molar-refractivity contribution in [2.75, 3.05) is 48.5 Å².